The number of methoxy groups -OCH3 is 1. The van der Waals surface area contributed by atoms with Crippen LogP contribution in [0.25, 0.3) is 0 Å². The molecule has 0 saturated heterocycles. The Bertz CT molecular complexity index is 759. The quantitative estimate of drug-likeness (QED) is 0.622. The van der Waals surface area contributed by atoms with Gasteiger partial charge in [-0.3, -0.25) is 0 Å². The first-order valence-corrected chi connectivity index (χ1v) is 8.36. The normalized spacial score (nSPS) is 11.0. The molecule has 0 N–H and O–H groups in total. The van der Waals surface area contributed by atoms with Crippen molar-refractivity contribution in [3.8, 4) is 11.8 Å². The summed E-state index contributed by atoms with van der Waals surface area (Å²) < 4.78 is 42.4. The molecule has 2 aromatic carbocycles. The smallest absolute Gasteiger partial charge is 0.416 e. The Morgan fingerprint density at radius 3 is 1.92 bits per heavy atom. The lowest BCUT2D eigenvalue weighted by Crippen LogP contribution is -2.09. The Kier molecular flexibility index (Phi) is 7.70. The second kappa shape index (κ2) is 9.28. The predicted molar refractivity (Wildman–Crippen MR) is 97.3 cm³/mol. The van der Waals surface area contributed by atoms with Gasteiger partial charge in [-0.25, -0.2) is 0 Å². The van der Waals surface area contributed by atoms with E-state index in [1.54, 1.807) is 33.1 Å². The average Bonchev–Trinajstić information content (AvgIpc) is 2.60. The monoisotopic (exact) mass is 363 g/mol. The van der Waals surface area contributed by atoms with Gasteiger partial charge in [0.2, 0.25) is 0 Å². The Morgan fingerprint density at radius 1 is 0.923 bits per heavy atom. The van der Waals surface area contributed by atoms with Gasteiger partial charge in [0.1, 0.15) is 5.75 Å². The van der Waals surface area contributed by atoms with Crippen LogP contribution in [0.5, 0.6) is 5.75 Å². The van der Waals surface area contributed by atoms with Gasteiger partial charge in [-0.1, -0.05) is 52.0 Å². The highest BCUT2D eigenvalue weighted by molar-refractivity contribution is 5.43. The standard InChI is InChI=1S/C11H13NO.C10H11F3/c1-8(2)10-5-4-9(7-12)6-11(10)13-3;1-7(2)8-5-3-4-6-9(8)10(11,12)13/h4-6,8H,1-3H3;3-7H,1-2H3. The summed E-state index contributed by atoms with van der Waals surface area (Å²) in [5.74, 6) is 1.12. The van der Waals surface area contributed by atoms with E-state index in [9.17, 15) is 13.2 Å². The highest BCUT2D eigenvalue weighted by Crippen LogP contribution is 2.34. The molecule has 0 spiro atoms. The van der Waals surface area contributed by atoms with Crippen molar-refractivity contribution >= 4 is 0 Å². The van der Waals surface area contributed by atoms with E-state index < -0.39 is 11.7 Å². The number of hydrogen-bond acceptors (Lipinski definition) is 2. The predicted octanol–water partition coefficient (Wildman–Crippen LogP) is 6.52. The third kappa shape index (κ3) is 5.80. The number of benzene rings is 2. The Hall–Kier alpha value is -2.48. The molecular weight excluding hydrogens is 339 g/mol. The summed E-state index contributed by atoms with van der Waals surface area (Å²) in [4.78, 5) is 0. The number of alkyl halides is 3. The molecule has 0 fully saturated rings. The van der Waals surface area contributed by atoms with Crippen LogP contribution < -0.4 is 4.74 Å². The molecule has 0 aliphatic carbocycles. The third-order valence-corrected chi connectivity index (χ3v) is 3.87. The number of hydrogen-bond donors (Lipinski definition) is 0. The van der Waals surface area contributed by atoms with E-state index >= 15 is 0 Å². The van der Waals surface area contributed by atoms with Crippen molar-refractivity contribution in [2.45, 2.75) is 45.7 Å². The molecule has 0 aromatic heterocycles. The van der Waals surface area contributed by atoms with Crippen molar-refractivity contribution < 1.29 is 17.9 Å². The summed E-state index contributed by atoms with van der Waals surface area (Å²) in [5.41, 5.74) is 1.61. The molecule has 2 nitrogen and oxygen atoms in total. The molecule has 0 amide bonds. The van der Waals surface area contributed by atoms with E-state index in [2.05, 4.69) is 19.9 Å². The molecule has 0 aliphatic rings. The zero-order valence-corrected chi connectivity index (χ0v) is 15.7. The summed E-state index contributed by atoms with van der Waals surface area (Å²) in [6.07, 6.45) is -4.24. The number of ether oxygens (including phenoxy) is 1. The molecule has 2 aromatic rings. The topological polar surface area (TPSA) is 33.0 Å². The molecule has 0 unspecified atom stereocenters. The van der Waals surface area contributed by atoms with Crippen LogP contribution in [-0.4, -0.2) is 7.11 Å². The van der Waals surface area contributed by atoms with Crippen molar-refractivity contribution in [3.05, 3.63) is 64.7 Å². The molecule has 0 atom stereocenters. The number of nitriles is 1. The summed E-state index contributed by atoms with van der Waals surface area (Å²) >= 11 is 0. The molecular formula is C21H24F3NO. The largest absolute Gasteiger partial charge is 0.496 e. The van der Waals surface area contributed by atoms with Gasteiger partial charge in [-0.15, -0.1) is 0 Å². The first-order valence-electron chi connectivity index (χ1n) is 8.36. The molecule has 0 radical (unpaired) electrons. The van der Waals surface area contributed by atoms with Gasteiger partial charge in [-0.2, -0.15) is 18.4 Å². The van der Waals surface area contributed by atoms with Crippen LogP contribution in [0.4, 0.5) is 13.2 Å². The molecule has 26 heavy (non-hydrogen) atoms. The van der Waals surface area contributed by atoms with E-state index in [-0.39, 0.29) is 5.92 Å². The maximum atomic E-state index is 12.4. The molecule has 0 bridgehead atoms. The minimum atomic E-state index is -4.24. The molecule has 140 valence electrons. The van der Waals surface area contributed by atoms with Crippen molar-refractivity contribution in [2.75, 3.05) is 7.11 Å². The van der Waals surface area contributed by atoms with Gasteiger partial charge in [0.05, 0.1) is 24.3 Å². The lowest BCUT2D eigenvalue weighted by molar-refractivity contribution is -0.138. The SMILES string of the molecule is CC(C)c1ccccc1C(F)(F)F.COc1cc(C#N)ccc1C(C)C. The highest BCUT2D eigenvalue weighted by Gasteiger charge is 2.33. The van der Waals surface area contributed by atoms with E-state index in [1.807, 2.05) is 12.1 Å². The highest BCUT2D eigenvalue weighted by atomic mass is 19.4. The van der Waals surface area contributed by atoms with Crippen molar-refractivity contribution in [1.29, 1.82) is 5.26 Å². The maximum Gasteiger partial charge on any atom is 0.416 e. The Morgan fingerprint density at radius 2 is 1.50 bits per heavy atom. The second-order valence-electron chi connectivity index (χ2n) is 6.46. The van der Waals surface area contributed by atoms with Crippen LogP contribution in [0.15, 0.2) is 42.5 Å². The van der Waals surface area contributed by atoms with E-state index in [4.69, 9.17) is 10.00 Å². The molecule has 2 rings (SSSR count). The van der Waals surface area contributed by atoms with Gasteiger partial charge >= 0.3 is 6.18 Å². The number of halogens is 3. The van der Waals surface area contributed by atoms with Crippen molar-refractivity contribution in [3.63, 3.8) is 0 Å². The van der Waals surface area contributed by atoms with Gasteiger partial charge in [0.25, 0.3) is 0 Å². The third-order valence-electron chi connectivity index (χ3n) is 3.87. The van der Waals surface area contributed by atoms with Crippen LogP contribution in [0.3, 0.4) is 0 Å². The number of rotatable bonds is 3. The minimum absolute atomic E-state index is 0.0992. The summed E-state index contributed by atoms with van der Waals surface area (Å²) in [5, 5.41) is 8.68. The fourth-order valence-corrected chi connectivity index (χ4v) is 2.52. The van der Waals surface area contributed by atoms with Crippen LogP contribution in [0.2, 0.25) is 0 Å². The summed E-state index contributed by atoms with van der Waals surface area (Å²) in [7, 11) is 1.63. The Balaban J connectivity index is 0.000000260. The van der Waals surface area contributed by atoms with E-state index in [1.165, 1.54) is 12.1 Å². The number of nitrogens with zero attached hydrogens (tertiary/aromatic N) is 1. The van der Waals surface area contributed by atoms with Crippen molar-refractivity contribution in [2.24, 2.45) is 0 Å². The second-order valence-corrected chi connectivity index (χ2v) is 6.46. The average molecular weight is 363 g/mol. The Labute approximate surface area is 153 Å². The lowest BCUT2D eigenvalue weighted by atomic mass is 9.97. The van der Waals surface area contributed by atoms with Gasteiger partial charge in [0, 0.05) is 0 Å². The van der Waals surface area contributed by atoms with Crippen LogP contribution in [-0.2, 0) is 6.18 Å². The summed E-state index contributed by atoms with van der Waals surface area (Å²) in [6.45, 7) is 7.71. The molecule has 5 heteroatoms. The van der Waals surface area contributed by atoms with Crippen LogP contribution in [0.1, 0.15) is 61.8 Å². The van der Waals surface area contributed by atoms with E-state index in [0.717, 1.165) is 17.4 Å². The fraction of sp³-hybridized carbons (Fsp3) is 0.381. The van der Waals surface area contributed by atoms with Crippen LogP contribution in [0, 0.1) is 11.3 Å². The summed E-state index contributed by atoms with van der Waals surface area (Å²) in [6, 6.07) is 13.3. The maximum absolute atomic E-state index is 12.4. The van der Waals surface area contributed by atoms with Crippen LogP contribution >= 0.6 is 0 Å². The molecule has 0 heterocycles. The molecule has 0 aliphatic heterocycles. The van der Waals surface area contributed by atoms with Gasteiger partial charge < -0.3 is 4.74 Å². The molecule has 0 saturated carbocycles. The zero-order valence-electron chi connectivity index (χ0n) is 15.7. The first kappa shape index (κ1) is 21.6. The van der Waals surface area contributed by atoms with E-state index in [0.29, 0.717) is 17.0 Å². The minimum Gasteiger partial charge on any atom is -0.496 e. The van der Waals surface area contributed by atoms with Crippen molar-refractivity contribution in [1.82, 2.24) is 0 Å². The lowest BCUT2D eigenvalue weighted by Gasteiger charge is -2.14. The van der Waals surface area contributed by atoms with Gasteiger partial charge in [-0.05, 0) is 41.2 Å². The van der Waals surface area contributed by atoms with Gasteiger partial charge in [0.15, 0.2) is 0 Å². The fourth-order valence-electron chi connectivity index (χ4n) is 2.52. The first-order chi connectivity index (χ1) is 12.1. The zero-order chi connectivity index (χ0) is 19.9.